The summed E-state index contributed by atoms with van der Waals surface area (Å²) in [7, 11) is 0. The number of hydrogen-bond acceptors (Lipinski definition) is 6. The van der Waals surface area contributed by atoms with Crippen LogP contribution in [0.1, 0.15) is 34.1 Å². The average molecular weight is 253 g/mol. The molecule has 0 radical (unpaired) electrons. The van der Waals surface area contributed by atoms with Crippen LogP contribution < -0.4 is 10.6 Å². The Bertz CT molecular complexity index is 428. The van der Waals surface area contributed by atoms with Gasteiger partial charge in [0.2, 0.25) is 11.8 Å². The first-order chi connectivity index (χ1) is 8.33. The molecule has 0 saturated heterocycles. The van der Waals surface area contributed by atoms with Crippen LogP contribution in [0.3, 0.4) is 0 Å². The van der Waals surface area contributed by atoms with Crippen molar-refractivity contribution < 1.29 is 4.92 Å². The van der Waals surface area contributed by atoms with E-state index >= 15 is 0 Å². The van der Waals surface area contributed by atoms with E-state index < -0.39 is 4.92 Å². The van der Waals surface area contributed by atoms with Crippen LogP contribution in [0.5, 0.6) is 0 Å². The van der Waals surface area contributed by atoms with Crippen molar-refractivity contribution in [2.75, 3.05) is 17.2 Å². The molecular formula is C11H19N5O2. The molecule has 0 saturated carbocycles. The standard InChI is InChI=1S/C11H19N5O2/c1-5-6-12-10-13-7-8(16(17)18)9(14-10)15-11(2,3)4/h7H,5-6H2,1-4H3,(H2,12,13,14,15). The molecule has 0 spiro atoms. The Hall–Kier alpha value is -1.92. The molecule has 100 valence electrons. The fourth-order valence-corrected chi connectivity index (χ4v) is 1.28. The lowest BCUT2D eigenvalue weighted by Gasteiger charge is -2.21. The van der Waals surface area contributed by atoms with Crippen molar-refractivity contribution in [2.45, 2.75) is 39.7 Å². The van der Waals surface area contributed by atoms with Gasteiger partial charge < -0.3 is 10.6 Å². The first kappa shape index (κ1) is 14.1. The zero-order valence-electron chi connectivity index (χ0n) is 11.1. The number of hydrogen-bond donors (Lipinski definition) is 2. The van der Waals surface area contributed by atoms with E-state index in [0.717, 1.165) is 13.0 Å². The minimum atomic E-state index is -0.488. The average Bonchev–Trinajstić information content (AvgIpc) is 2.23. The van der Waals surface area contributed by atoms with Gasteiger partial charge in [0, 0.05) is 12.1 Å². The highest BCUT2D eigenvalue weighted by Crippen LogP contribution is 2.24. The summed E-state index contributed by atoms with van der Waals surface area (Å²) in [5.74, 6) is 0.635. The Morgan fingerprint density at radius 3 is 2.61 bits per heavy atom. The first-order valence-electron chi connectivity index (χ1n) is 5.87. The van der Waals surface area contributed by atoms with Crippen molar-refractivity contribution >= 4 is 17.5 Å². The second-order valence-electron chi connectivity index (χ2n) is 4.99. The molecule has 1 aromatic heterocycles. The van der Waals surface area contributed by atoms with Crippen molar-refractivity contribution in [3.8, 4) is 0 Å². The largest absolute Gasteiger partial charge is 0.360 e. The number of nitrogens with one attached hydrogen (secondary N) is 2. The van der Waals surface area contributed by atoms with Crippen molar-refractivity contribution in [3.63, 3.8) is 0 Å². The van der Waals surface area contributed by atoms with Crippen LogP contribution in [-0.2, 0) is 0 Å². The monoisotopic (exact) mass is 253 g/mol. The van der Waals surface area contributed by atoms with Gasteiger partial charge in [0.05, 0.1) is 4.92 Å². The molecule has 7 nitrogen and oxygen atoms in total. The van der Waals surface area contributed by atoms with Crippen molar-refractivity contribution in [2.24, 2.45) is 0 Å². The first-order valence-corrected chi connectivity index (χ1v) is 5.87. The predicted octanol–water partition coefficient (Wildman–Crippen LogP) is 2.42. The fourth-order valence-electron chi connectivity index (χ4n) is 1.28. The lowest BCUT2D eigenvalue weighted by atomic mass is 10.1. The van der Waals surface area contributed by atoms with Crippen LogP contribution in [0, 0.1) is 10.1 Å². The molecule has 1 heterocycles. The maximum atomic E-state index is 10.9. The van der Waals surface area contributed by atoms with Gasteiger partial charge in [0.15, 0.2) is 0 Å². The zero-order chi connectivity index (χ0) is 13.8. The number of anilines is 2. The molecule has 0 bridgehead atoms. The van der Waals surface area contributed by atoms with Crippen LogP contribution in [-0.4, -0.2) is 27.0 Å². The van der Waals surface area contributed by atoms with Crippen molar-refractivity contribution in [3.05, 3.63) is 16.3 Å². The number of nitro groups is 1. The van der Waals surface area contributed by atoms with Gasteiger partial charge in [-0.1, -0.05) is 6.92 Å². The predicted molar refractivity (Wildman–Crippen MR) is 70.8 cm³/mol. The Labute approximate surface area is 106 Å². The summed E-state index contributed by atoms with van der Waals surface area (Å²) in [5.41, 5.74) is -0.423. The van der Waals surface area contributed by atoms with E-state index in [1.165, 1.54) is 6.20 Å². The Kier molecular flexibility index (Phi) is 4.41. The normalized spacial score (nSPS) is 11.1. The molecule has 0 aliphatic rings. The molecule has 0 unspecified atom stereocenters. The summed E-state index contributed by atoms with van der Waals surface area (Å²) in [6.07, 6.45) is 2.15. The summed E-state index contributed by atoms with van der Waals surface area (Å²) in [6.45, 7) is 8.49. The minimum Gasteiger partial charge on any atom is -0.360 e. The smallest absolute Gasteiger partial charge is 0.329 e. The van der Waals surface area contributed by atoms with Gasteiger partial charge >= 0.3 is 5.69 Å². The highest BCUT2D eigenvalue weighted by molar-refractivity contribution is 5.58. The molecule has 18 heavy (non-hydrogen) atoms. The lowest BCUT2D eigenvalue weighted by Crippen LogP contribution is -2.27. The number of rotatable bonds is 5. The Balaban J connectivity index is 3.03. The third kappa shape index (κ3) is 4.15. The maximum Gasteiger partial charge on any atom is 0.329 e. The topological polar surface area (TPSA) is 93.0 Å². The van der Waals surface area contributed by atoms with Crippen LogP contribution in [0.2, 0.25) is 0 Å². The second-order valence-corrected chi connectivity index (χ2v) is 4.99. The molecule has 1 rings (SSSR count). The summed E-state index contributed by atoms with van der Waals surface area (Å²) in [5, 5.41) is 16.9. The molecular weight excluding hydrogens is 234 g/mol. The van der Waals surface area contributed by atoms with Crippen LogP contribution in [0.4, 0.5) is 17.5 Å². The van der Waals surface area contributed by atoms with Crippen molar-refractivity contribution in [1.29, 1.82) is 0 Å². The molecule has 1 aromatic rings. The maximum absolute atomic E-state index is 10.9. The molecule has 0 aliphatic carbocycles. The van der Waals surface area contributed by atoms with E-state index in [1.54, 1.807) is 0 Å². The fraction of sp³-hybridized carbons (Fsp3) is 0.636. The summed E-state index contributed by atoms with van der Waals surface area (Å²) >= 11 is 0. The molecule has 0 fully saturated rings. The van der Waals surface area contributed by atoms with Gasteiger partial charge in [-0.25, -0.2) is 4.98 Å². The van der Waals surface area contributed by atoms with E-state index in [4.69, 9.17) is 0 Å². The SMILES string of the molecule is CCCNc1ncc([N+](=O)[O-])c(NC(C)(C)C)n1. The second kappa shape index (κ2) is 5.61. The Morgan fingerprint density at radius 2 is 2.11 bits per heavy atom. The van der Waals surface area contributed by atoms with E-state index in [9.17, 15) is 10.1 Å². The molecule has 0 atom stereocenters. The van der Waals surface area contributed by atoms with E-state index in [-0.39, 0.29) is 17.0 Å². The van der Waals surface area contributed by atoms with Crippen LogP contribution in [0.15, 0.2) is 6.20 Å². The highest BCUT2D eigenvalue weighted by Gasteiger charge is 2.21. The number of aromatic nitrogens is 2. The molecule has 0 aromatic carbocycles. The minimum absolute atomic E-state index is 0.119. The van der Waals surface area contributed by atoms with Gasteiger partial charge in [0.25, 0.3) is 0 Å². The zero-order valence-corrected chi connectivity index (χ0v) is 11.1. The Morgan fingerprint density at radius 1 is 1.44 bits per heavy atom. The molecule has 7 heteroatoms. The summed E-state index contributed by atoms with van der Waals surface area (Å²) in [4.78, 5) is 18.5. The van der Waals surface area contributed by atoms with Crippen LogP contribution in [0.25, 0.3) is 0 Å². The van der Waals surface area contributed by atoms with Gasteiger partial charge in [0.1, 0.15) is 6.20 Å². The molecule has 0 aliphatic heterocycles. The molecule has 2 N–H and O–H groups in total. The van der Waals surface area contributed by atoms with Gasteiger partial charge in [-0.2, -0.15) is 4.98 Å². The lowest BCUT2D eigenvalue weighted by molar-refractivity contribution is -0.384. The van der Waals surface area contributed by atoms with Gasteiger partial charge in [-0.15, -0.1) is 0 Å². The van der Waals surface area contributed by atoms with Crippen LogP contribution >= 0.6 is 0 Å². The third-order valence-electron chi connectivity index (χ3n) is 1.99. The van der Waals surface area contributed by atoms with E-state index in [0.29, 0.717) is 5.95 Å². The number of nitrogens with zero attached hydrogens (tertiary/aromatic N) is 3. The highest BCUT2D eigenvalue weighted by atomic mass is 16.6. The van der Waals surface area contributed by atoms with Gasteiger partial charge in [-0.3, -0.25) is 10.1 Å². The van der Waals surface area contributed by atoms with Gasteiger partial charge in [-0.05, 0) is 27.2 Å². The third-order valence-corrected chi connectivity index (χ3v) is 1.99. The summed E-state index contributed by atoms with van der Waals surface area (Å²) in [6, 6.07) is 0. The van der Waals surface area contributed by atoms with Crippen molar-refractivity contribution in [1.82, 2.24) is 9.97 Å². The van der Waals surface area contributed by atoms with E-state index in [1.807, 2.05) is 27.7 Å². The quantitative estimate of drug-likeness (QED) is 0.618. The molecule has 0 amide bonds. The summed E-state index contributed by atoms with van der Waals surface area (Å²) < 4.78 is 0. The van der Waals surface area contributed by atoms with E-state index in [2.05, 4.69) is 20.6 Å².